The molecule has 1 N–H and O–H groups in total. The van der Waals surface area contributed by atoms with Crippen molar-refractivity contribution in [1.29, 1.82) is 0 Å². The van der Waals surface area contributed by atoms with E-state index in [-0.39, 0.29) is 10.6 Å². The van der Waals surface area contributed by atoms with E-state index in [1.54, 1.807) is 12.1 Å². The topological polar surface area (TPSA) is 58.4 Å². The molecule has 0 aliphatic carbocycles. The van der Waals surface area contributed by atoms with Crippen molar-refractivity contribution in [2.24, 2.45) is 0 Å². The summed E-state index contributed by atoms with van der Waals surface area (Å²) in [7, 11) is 2.00. The van der Waals surface area contributed by atoms with Crippen molar-refractivity contribution in [3.8, 4) is 0 Å². The molecule has 1 aliphatic rings. The van der Waals surface area contributed by atoms with Crippen molar-refractivity contribution in [2.45, 2.75) is 32.2 Å². The van der Waals surface area contributed by atoms with E-state index in [0.717, 1.165) is 24.3 Å². The van der Waals surface area contributed by atoms with Gasteiger partial charge in [0.25, 0.3) is 5.69 Å². The van der Waals surface area contributed by atoms with E-state index >= 15 is 0 Å². The Labute approximate surface area is 113 Å². The van der Waals surface area contributed by atoms with E-state index in [2.05, 4.69) is 10.2 Å². The van der Waals surface area contributed by atoms with Crippen molar-refractivity contribution in [3.63, 3.8) is 0 Å². The van der Waals surface area contributed by atoms with Crippen LogP contribution in [-0.2, 0) is 0 Å². The van der Waals surface area contributed by atoms with E-state index in [9.17, 15) is 10.1 Å². The lowest BCUT2D eigenvalue weighted by atomic mass is 10.0. The summed E-state index contributed by atoms with van der Waals surface area (Å²) >= 11 is 0. The Balaban J connectivity index is 2.10. The Kier molecular flexibility index (Phi) is 4.37. The van der Waals surface area contributed by atoms with Crippen LogP contribution >= 0.6 is 0 Å². The SMILES string of the molecule is Cc1ccc([N+](=O)[O-])cc1N(C)CC1CCCCN1. The van der Waals surface area contributed by atoms with Gasteiger partial charge in [-0.1, -0.05) is 12.5 Å². The fraction of sp³-hybridized carbons (Fsp3) is 0.571. The number of aryl methyl sites for hydroxylation is 1. The molecule has 1 aromatic rings. The van der Waals surface area contributed by atoms with Crippen LogP contribution in [-0.4, -0.2) is 31.1 Å². The smallest absolute Gasteiger partial charge is 0.271 e. The second-order valence-corrected chi connectivity index (χ2v) is 5.26. The zero-order valence-corrected chi connectivity index (χ0v) is 11.6. The van der Waals surface area contributed by atoms with Crippen LogP contribution in [0.4, 0.5) is 11.4 Å². The predicted molar refractivity (Wildman–Crippen MR) is 76.7 cm³/mol. The third-order valence-corrected chi connectivity index (χ3v) is 3.72. The molecule has 5 heteroatoms. The summed E-state index contributed by atoms with van der Waals surface area (Å²) < 4.78 is 0. The molecular weight excluding hydrogens is 242 g/mol. The summed E-state index contributed by atoms with van der Waals surface area (Å²) in [6, 6.07) is 5.53. The zero-order valence-electron chi connectivity index (χ0n) is 11.6. The number of piperidine rings is 1. The summed E-state index contributed by atoms with van der Waals surface area (Å²) in [5.41, 5.74) is 2.18. The van der Waals surface area contributed by atoms with E-state index in [0.29, 0.717) is 6.04 Å². The molecule has 1 atom stereocenters. The van der Waals surface area contributed by atoms with Gasteiger partial charge < -0.3 is 10.2 Å². The van der Waals surface area contributed by atoms with Gasteiger partial charge in [-0.3, -0.25) is 10.1 Å². The lowest BCUT2D eigenvalue weighted by molar-refractivity contribution is -0.384. The van der Waals surface area contributed by atoms with Crippen LogP contribution in [0.25, 0.3) is 0 Å². The summed E-state index contributed by atoms with van der Waals surface area (Å²) in [5, 5.41) is 14.4. The van der Waals surface area contributed by atoms with Gasteiger partial charge >= 0.3 is 0 Å². The number of likely N-dealkylation sites (N-methyl/N-ethyl adjacent to an activating group) is 1. The Morgan fingerprint density at radius 3 is 2.89 bits per heavy atom. The third kappa shape index (κ3) is 3.44. The molecule has 1 aromatic carbocycles. The number of non-ortho nitro benzene ring substituents is 1. The molecule has 2 rings (SSSR count). The molecular formula is C14H21N3O2. The number of nitro benzene ring substituents is 1. The number of hydrogen-bond donors (Lipinski definition) is 1. The fourth-order valence-electron chi connectivity index (χ4n) is 2.63. The first-order chi connectivity index (χ1) is 9.08. The monoisotopic (exact) mass is 263 g/mol. The molecule has 0 amide bonds. The first-order valence-electron chi connectivity index (χ1n) is 6.77. The van der Waals surface area contributed by atoms with Crippen LogP contribution in [0.15, 0.2) is 18.2 Å². The first-order valence-corrected chi connectivity index (χ1v) is 6.77. The highest BCUT2D eigenvalue weighted by molar-refractivity contribution is 5.58. The van der Waals surface area contributed by atoms with Crippen LogP contribution in [0, 0.1) is 17.0 Å². The molecule has 1 fully saturated rings. The van der Waals surface area contributed by atoms with E-state index in [4.69, 9.17) is 0 Å². The van der Waals surface area contributed by atoms with Crippen molar-refractivity contribution < 1.29 is 4.92 Å². The van der Waals surface area contributed by atoms with Crippen molar-refractivity contribution in [3.05, 3.63) is 33.9 Å². The largest absolute Gasteiger partial charge is 0.373 e. The van der Waals surface area contributed by atoms with Gasteiger partial charge in [0.1, 0.15) is 0 Å². The number of rotatable bonds is 4. The van der Waals surface area contributed by atoms with Gasteiger partial charge in [0.15, 0.2) is 0 Å². The minimum atomic E-state index is -0.338. The minimum absolute atomic E-state index is 0.157. The Hall–Kier alpha value is -1.62. The average Bonchev–Trinajstić information content (AvgIpc) is 2.40. The van der Waals surface area contributed by atoms with Gasteiger partial charge in [0, 0.05) is 37.5 Å². The Morgan fingerprint density at radius 2 is 2.26 bits per heavy atom. The van der Waals surface area contributed by atoms with Gasteiger partial charge in [-0.2, -0.15) is 0 Å². The van der Waals surface area contributed by atoms with Gasteiger partial charge in [0.05, 0.1) is 4.92 Å². The molecule has 1 unspecified atom stereocenters. The summed E-state index contributed by atoms with van der Waals surface area (Å²) in [5.74, 6) is 0. The normalized spacial score (nSPS) is 19.2. The molecule has 0 saturated carbocycles. The number of hydrogen-bond acceptors (Lipinski definition) is 4. The van der Waals surface area contributed by atoms with Crippen molar-refractivity contribution >= 4 is 11.4 Å². The van der Waals surface area contributed by atoms with Gasteiger partial charge in [-0.05, 0) is 31.9 Å². The summed E-state index contributed by atoms with van der Waals surface area (Å²) in [6.07, 6.45) is 3.69. The predicted octanol–water partition coefficient (Wildman–Crippen LogP) is 2.48. The number of benzene rings is 1. The van der Waals surface area contributed by atoms with Gasteiger partial charge in [-0.25, -0.2) is 0 Å². The highest BCUT2D eigenvalue weighted by Gasteiger charge is 2.17. The average molecular weight is 263 g/mol. The molecule has 1 heterocycles. The van der Waals surface area contributed by atoms with Gasteiger partial charge in [-0.15, -0.1) is 0 Å². The number of nitrogens with zero attached hydrogens (tertiary/aromatic N) is 2. The molecule has 0 spiro atoms. The second-order valence-electron chi connectivity index (χ2n) is 5.26. The highest BCUT2D eigenvalue weighted by Crippen LogP contribution is 2.25. The Morgan fingerprint density at radius 1 is 1.47 bits per heavy atom. The maximum Gasteiger partial charge on any atom is 0.271 e. The summed E-state index contributed by atoms with van der Waals surface area (Å²) in [6.45, 7) is 3.96. The quantitative estimate of drug-likeness (QED) is 0.669. The van der Waals surface area contributed by atoms with Crippen LogP contribution in [0.1, 0.15) is 24.8 Å². The van der Waals surface area contributed by atoms with Crippen LogP contribution in [0.3, 0.4) is 0 Å². The van der Waals surface area contributed by atoms with E-state index in [1.807, 2.05) is 20.0 Å². The van der Waals surface area contributed by atoms with Crippen molar-refractivity contribution in [2.75, 3.05) is 25.0 Å². The second kappa shape index (κ2) is 6.02. The number of nitro groups is 1. The minimum Gasteiger partial charge on any atom is -0.373 e. The van der Waals surface area contributed by atoms with E-state index in [1.165, 1.54) is 19.3 Å². The maximum atomic E-state index is 10.9. The molecule has 104 valence electrons. The molecule has 0 bridgehead atoms. The molecule has 0 aromatic heterocycles. The standard InChI is InChI=1S/C14H21N3O2/c1-11-6-7-13(17(18)19)9-14(11)16(2)10-12-5-3-4-8-15-12/h6-7,9,12,15H,3-5,8,10H2,1-2H3. The van der Waals surface area contributed by atoms with Gasteiger partial charge in [0.2, 0.25) is 0 Å². The van der Waals surface area contributed by atoms with Crippen molar-refractivity contribution in [1.82, 2.24) is 5.32 Å². The molecule has 0 radical (unpaired) electrons. The molecule has 19 heavy (non-hydrogen) atoms. The van der Waals surface area contributed by atoms with Crippen LogP contribution < -0.4 is 10.2 Å². The summed E-state index contributed by atoms with van der Waals surface area (Å²) in [4.78, 5) is 12.6. The zero-order chi connectivity index (χ0) is 13.8. The Bertz CT molecular complexity index is 456. The van der Waals surface area contributed by atoms with E-state index < -0.39 is 0 Å². The molecule has 5 nitrogen and oxygen atoms in total. The third-order valence-electron chi connectivity index (χ3n) is 3.72. The number of nitrogens with one attached hydrogen (secondary N) is 1. The highest BCUT2D eigenvalue weighted by atomic mass is 16.6. The first kappa shape index (κ1) is 13.8. The maximum absolute atomic E-state index is 10.9. The molecule has 1 aliphatic heterocycles. The lowest BCUT2D eigenvalue weighted by Crippen LogP contribution is -2.42. The fourth-order valence-corrected chi connectivity index (χ4v) is 2.63. The molecule has 1 saturated heterocycles. The number of anilines is 1. The lowest BCUT2D eigenvalue weighted by Gasteiger charge is -2.30. The van der Waals surface area contributed by atoms with Crippen LogP contribution in [0.5, 0.6) is 0 Å². The van der Waals surface area contributed by atoms with Crippen LogP contribution in [0.2, 0.25) is 0 Å².